The molecule has 17 heteroatoms. The molecule has 3 aliphatic heterocycles. The van der Waals surface area contributed by atoms with Crippen molar-refractivity contribution in [2.75, 3.05) is 12.3 Å². The van der Waals surface area contributed by atoms with Gasteiger partial charge in [-0.15, -0.1) is 11.8 Å². The van der Waals surface area contributed by atoms with E-state index in [1.165, 1.54) is 11.8 Å². The first-order valence-corrected chi connectivity index (χ1v) is 14.7. The third kappa shape index (κ3) is 8.02. The highest BCUT2D eigenvalue weighted by atomic mass is 32.2. The number of carbonyl (C=O) groups excluding carboxylic acids is 4. The summed E-state index contributed by atoms with van der Waals surface area (Å²) in [5.74, 6) is -4.58. The van der Waals surface area contributed by atoms with Crippen LogP contribution in [0.2, 0.25) is 0 Å². The average molecular weight is 664 g/mol. The van der Waals surface area contributed by atoms with Gasteiger partial charge in [0.1, 0.15) is 17.2 Å². The van der Waals surface area contributed by atoms with Crippen LogP contribution in [0.5, 0.6) is 5.75 Å². The number of thioether (sulfide) groups is 1. The molecule has 3 aliphatic rings. The Bertz CT molecular complexity index is 1610. The highest BCUT2D eigenvalue weighted by Gasteiger charge is 2.50. The van der Waals surface area contributed by atoms with Gasteiger partial charge in [0.15, 0.2) is 12.4 Å². The van der Waals surface area contributed by atoms with E-state index in [9.17, 15) is 42.6 Å². The number of aliphatic carboxylic acids is 2. The molecule has 3 amide bonds. The lowest BCUT2D eigenvalue weighted by Gasteiger charge is -2.49. The summed E-state index contributed by atoms with van der Waals surface area (Å²) >= 11 is 1.37. The molecule has 2 saturated heterocycles. The van der Waals surface area contributed by atoms with Gasteiger partial charge in [0.25, 0.3) is 5.91 Å². The van der Waals surface area contributed by atoms with Crippen molar-refractivity contribution in [1.29, 1.82) is 0 Å². The molecule has 2 atom stereocenters. The molecule has 0 aliphatic carbocycles. The Morgan fingerprint density at radius 1 is 1.15 bits per heavy atom. The molecular weight excluding hydrogens is 635 g/mol. The third-order valence-electron chi connectivity index (χ3n) is 7.10. The van der Waals surface area contributed by atoms with E-state index in [1.54, 1.807) is 46.1 Å². The second-order valence-corrected chi connectivity index (χ2v) is 11.5. The van der Waals surface area contributed by atoms with Crippen LogP contribution in [0.3, 0.4) is 0 Å². The summed E-state index contributed by atoms with van der Waals surface area (Å²) in [7, 11) is 0. The van der Waals surface area contributed by atoms with Crippen molar-refractivity contribution < 1.29 is 57.0 Å². The van der Waals surface area contributed by atoms with E-state index in [2.05, 4.69) is 5.32 Å². The third-order valence-corrected chi connectivity index (χ3v) is 8.42. The molecule has 5 N–H and O–H groups in total. The number of allylic oxidation sites excluding steroid dienone is 1. The normalized spacial score (nSPS) is 20.1. The first kappa shape index (κ1) is 34.0. The van der Waals surface area contributed by atoms with Gasteiger partial charge in [-0.1, -0.05) is 12.1 Å². The van der Waals surface area contributed by atoms with Gasteiger partial charge < -0.3 is 36.1 Å². The molecule has 13 nitrogen and oxygen atoms in total. The van der Waals surface area contributed by atoms with Crippen molar-refractivity contribution in [3.05, 3.63) is 82.8 Å². The van der Waals surface area contributed by atoms with Crippen molar-refractivity contribution >= 4 is 41.4 Å². The number of phenolic OH excluding ortho intramolecular Hbond substituents is 1. The minimum atomic E-state index is -5.08. The molecule has 5 rings (SSSR count). The number of nitrogens with zero attached hydrogens (tertiary/aromatic N) is 3. The predicted octanol–water partition coefficient (Wildman–Crippen LogP) is -0.465. The van der Waals surface area contributed by atoms with Gasteiger partial charge >= 0.3 is 12.1 Å². The molecular formula is C29H28F3N5O8S. The highest BCUT2D eigenvalue weighted by Crippen LogP contribution is 2.40. The molecule has 4 heterocycles. The number of alkyl halides is 3. The fourth-order valence-electron chi connectivity index (χ4n) is 4.81. The fourth-order valence-corrected chi connectivity index (χ4v) is 6.06. The Morgan fingerprint density at radius 2 is 1.83 bits per heavy atom. The zero-order valence-corrected chi connectivity index (χ0v) is 24.7. The molecule has 2 fully saturated rings. The van der Waals surface area contributed by atoms with Crippen LogP contribution in [0.1, 0.15) is 17.5 Å². The summed E-state index contributed by atoms with van der Waals surface area (Å²) in [6.07, 6.45) is 0.475. The largest absolute Gasteiger partial charge is 0.543 e. The number of carboxylic acids is 2. The van der Waals surface area contributed by atoms with Gasteiger partial charge in [0, 0.05) is 43.1 Å². The number of nitrogens with one attached hydrogen (secondary N) is 1. The van der Waals surface area contributed by atoms with Gasteiger partial charge in [0.2, 0.25) is 18.4 Å². The molecule has 2 aromatic rings. The highest BCUT2D eigenvalue weighted by molar-refractivity contribution is 8.00. The summed E-state index contributed by atoms with van der Waals surface area (Å²) in [5.41, 5.74) is 8.11. The summed E-state index contributed by atoms with van der Waals surface area (Å²) < 4.78 is 33.5. The number of aromatic hydroxyl groups is 1. The maximum atomic E-state index is 13.0. The van der Waals surface area contributed by atoms with E-state index in [1.807, 2.05) is 18.2 Å². The van der Waals surface area contributed by atoms with Gasteiger partial charge in [0.05, 0.1) is 11.7 Å². The number of likely N-dealkylation sites (tertiary alicyclic amines) is 1. The van der Waals surface area contributed by atoms with Crippen LogP contribution in [0.4, 0.5) is 13.2 Å². The number of phenols is 1. The Morgan fingerprint density at radius 3 is 2.43 bits per heavy atom. The minimum Gasteiger partial charge on any atom is -0.543 e. The summed E-state index contributed by atoms with van der Waals surface area (Å²) in [6.45, 7) is 1.27. The Kier molecular flexibility index (Phi) is 10.4. The van der Waals surface area contributed by atoms with Crippen molar-refractivity contribution in [1.82, 2.24) is 15.1 Å². The Hall–Kier alpha value is -4.90. The molecule has 244 valence electrons. The first-order valence-electron chi connectivity index (χ1n) is 13.6. The van der Waals surface area contributed by atoms with E-state index >= 15 is 0 Å². The number of halogens is 3. The average Bonchev–Trinajstić information content (AvgIpc) is 3.34. The molecule has 0 saturated carbocycles. The zero-order valence-electron chi connectivity index (χ0n) is 23.9. The summed E-state index contributed by atoms with van der Waals surface area (Å²) in [6, 6.07) is 9.63. The number of aromatic nitrogens is 1. The smallest absolute Gasteiger partial charge is 0.490 e. The molecule has 1 aromatic heterocycles. The Balaban J connectivity index is 0.000000617. The maximum absolute atomic E-state index is 13.0. The lowest BCUT2D eigenvalue weighted by molar-refractivity contribution is -0.684. The summed E-state index contributed by atoms with van der Waals surface area (Å²) in [4.78, 5) is 61.0. The van der Waals surface area contributed by atoms with Crippen molar-refractivity contribution in [2.24, 2.45) is 5.73 Å². The van der Waals surface area contributed by atoms with Crippen LogP contribution in [0, 0.1) is 0 Å². The lowest BCUT2D eigenvalue weighted by Crippen LogP contribution is -2.69. The number of fused-ring (bicyclic) bond motifs is 1. The zero-order chi connectivity index (χ0) is 33.8. The number of β-lactam (4-membered cyclic amide) rings is 1. The van der Waals surface area contributed by atoms with Gasteiger partial charge in [-0.3, -0.25) is 19.3 Å². The predicted molar refractivity (Wildman–Crippen MR) is 151 cm³/mol. The number of carboxylic acid groups (broad SMARTS) is 2. The number of hydrogen-bond donors (Lipinski definition) is 4. The monoisotopic (exact) mass is 663 g/mol. The topological polar surface area (TPSA) is 197 Å². The van der Waals surface area contributed by atoms with Crippen LogP contribution in [-0.4, -0.2) is 79.6 Å². The SMILES string of the molecule is N[C@@H]1C(=O)N2C(C(=O)[O-])=C(C=C3CCN(Cc4cc[n+](CC(=O)NCc5cccc(O)c5)cc4)C3=O)CS[C@H]12.O=C(O)C(F)(F)F. The van der Waals surface area contributed by atoms with Crippen LogP contribution in [0.15, 0.2) is 71.7 Å². The van der Waals surface area contributed by atoms with E-state index in [4.69, 9.17) is 15.6 Å². The number of rotatable bonds is 8. The second-order valence-electron chi connectivity index (χ2n) is 10.4. The number of hydrogen-bond acceptors (Lipinski definition) is 9. The van der Waals surface area contributed by atoms with Crippen LogP contribution < -0.4 is 20.7 Å². The number of carbonyl (C=O) groups is 5. The van der Waals surface area contributed by atoms with Crippen molar-refractivity contribution in [3.8, 4) is 5.75 Å². The first-order chi connectivity index (χ1) is 21.6. The van der Waals surface area contributed by atoms with E-state index in [0.29, 0.717) is 43.0 Å². The van der Waals surface area contributed by atoms with Crippen molar-refractivity contribution in [3.63, 3.8) is 0 Å². The van der Waals surface area contributed by atoms with Crippen LogP contribution in [0.25, 0.3) is 0 Å². The van der Waals surface area contributed by atoms with E-state index < -0.39 is 35.4 Å². The summed E-state index contributed by atoms with van der Waals surface area (Å²) in [5, 5.41) is 30.8. The molecule has 0 spiro atoms. The number of nitrogens with two attached hydrogens (primary N) is 1. The quantitative estimate of drug-likeness (QED) is 0.163. The standard InChI is InChI=1S/C27H27N5O6S.C2HF3O2/c28-22-25(36)32-23(27(37)38)19(15-39-26(22)32)11-18-6-9-31(24(18)35)13-16-4-7-30(8-5-16)14-21(34)29-12-17-2-1-3-20(33)10-17;3-2(4,5)1(6)7/h1-5,7-8,10-11,22,26H,6,9,12-15,28H2,(H2-,29,33,34,37,38);(H,6,7)/t22-,26-;/m1./s1. The number of benzene rings is 1. The molecule has 1 aromatic carbocycles. The van der Waals surface area contributed by atoms with Gasteiger partial charge in [-0.2, -0.15) is 17.7 Å². The van der Waals surface area contributed by atoms with Crippen LogP contribution >= 0.6 is 11.8 Å². The van der Waals surface area contributed by atoms with Gasteiger partial charge in [-0.05, 0) is 41.3 Å². The molecule has 0 bridgehead atoms. The second kappa shape index (κ2) is 14.0. The van der Waals surface area contributed by atoms with Gasteiger partial charge in [-0.25, -0.2) is 4.79 Å². The molecule has 0 unspecified atom stereocenters. The van der Waals surface area contributed by atoms with E-state index in [0.717, 1.165) is 16.0 Å². The number of pyridine rings is 1. The van der Waals surface area contributed by atoms with Crippen LogP contribution in [-0.2, 0) is 43.6 Å². The maximum Gasteiger partial charge on any atom is 0.490 e. The van der Waals surface area contributed by atoms with E-state index in [-0.39, 0.29) is 29.8 Å². The number of amides is 3. The lowest BCUT2D eigenvalue weighted by atomic mass is 10.0. The Labute approximate surface area is 263 Å². The van der Waals surface area contributed by atoms with Crippen molar-refractivity contribution in [2.45, 2.75) is 43.6 Å². The molecule has 46 heavy (non-hydrogen) atoms. The minimum absolute atomic E-state index is 0.119. The molecule has 0 radical (unpaired) electrons. The fraction of sp³-hybridized carbons (Fsp3) is 0.310.